The predicted octanol–water partition coefficient (Wildman–Crippen LogP) is 5.09. The summed E-state index contributed by atoms with van der Waals surface area (Å²) in [6.45, 7) is 5.91. The van der Waals surface area contributed by atoms with Crippen molar-refractivity contribution in [3.8, 4) is 17.2 Å². The number of allylic oxidation sites excluding steroid dienone is 3. The van der Waals surface area contributed by atoms with Gasteiger partial charge in [-0.25, -0.2) is 4.39 Å². The van der Waals surface area contributed by atoms with Crippen LogP contribution in [0.2, 0.25) is 0 Å². The van der Waals surface area contributed by atoms with E-state index in [4.69, 9.17) is 14.2 Å². The Bertz CT molecular complexity index is 1270. The lowest BCUT2D eigenvalue weighted by Crippen LogP contribution is -2.39. The minimum absolute atomic E-state index is 0.0314. The SMILES string of the molecule is COc1cc(C2C(C(=O)Nc3cccc(F)c3)=C(C)NC3=C2C(=O)CC(C)(C)C3)cc(OC)c1OC. The number of anilines is 1. The molecule has 1 atom stereocenters. The topological polar surface area (TPSA) is 85.9 Å². The summed E-state index contributed by atoms with van der Waals surface area (Å²) in [6.07, 6.45) is 1.01. The molecule has 0 saturated heterocycles. The molecule has 2 N–H and O–H groups in total. The number of carbonyl (C=O) groups excluding carboxylic acids is 2. The third-order valence-electron chi connectivity index (χ3n) is 6.59. The number of hydrogen-bond acceptors (Lipinski definition) is 6. The number of benzene rings is 2. The van der Waals surface area contributed by atoms with Crippen LogP contribution >= 0.6 is 0 Å². The molecule has 1 heterocycles. The third-order valence-corrected chi connectivity index (χ3v) is 6.59. The zero-order valence-electron chi connectivity index (χ0n) is 21.4. The van der Waals surface area contributed by atoms with E-state index in [0.717, 1.165) is 5.70 Å². The summed E-state index contributed by atoms with van der Waals surface area (Å²) in [6, 6.07) is 9.21. The Balaban J connectivity index is 1.90. The quantitative estimate of drug-likeness (QED) is 0.582. The van der Waals surface area contributed by atoms with Gasteiger partial charge in [-0.2, -0.15) is 0 Å². The van der Waals surface area contributed by atoms with Crippen LogP contribution in [0.1, 0.15) is 45.1 Å². The van der Waals surface area contributed by atoms with Crippen molar-refractivity contribution in [1.82, 2.24) is 5.32 Å². The number of amides is 1. The minimum atomic E-state index is -0.688. The van der Waals surface area contributed by atoms with Crippen LogP contribution < -0.4 is 24.8 Å². The summed E-state index contributed by atoms with van der Waals surface area (Å²) >= 11 is 0. The van der Waals surface area contributed by atoms with Crippen molar-refractivity contribution in [3.63, 3.8) is 0 Å². The van der Waals surface area contributed by atoms with Gasteiger partial charge >= 0.3 is 0 Å². The molecule has 0 fully saturated rings. The summed E-state index contributed by atoms with van der Waals surface area (Å²) in [5.41, 5.74) is 3.07. The highest BCUT2D eigenvalue weighted by Crippen LogP contribution is 2.49. The van der Waals surface area contributed by atoms with Gasteiger partial charge in [0.05, 0.1) is 21.3 Å². The molecule has 0 aromatic heterocycles. The van der Waals surface area contributed by atoms with Gasteiger partial charge in [0.2, 0.25) is 5.75 Å². The fourth-order valence-corrected chi connectivity index (χ4v) is 5.10. The Hall–Kier alpha value is -3.81. The molecule has 36 heavy (non-hydrogen) atoms. The van der Waals surface area contributed by atoms with E-state index in [1.165, 1.54) is 39.5 Å². The lowest BCUT2D eigenvalue weighted by molar-refractivity contribution is -0.118. The molecule has 0 radical (unpaired) electrons. The van der Waals surface area contributed by atoms with E-state index in [9.17, 15) is 14.0 Å². The van der Waals surface area contributed by atoms with E-state index >= 15 is 0 Å². The van der Waals surface area contributed by atoms with Crippen molar-refractivity contribution in [2.75, 3.05) is 26.6 Å². The van der Waals surface area contributed by atoms with E-state index in [0.29, 0.717) is 58.2 Å². The second kappa shape index (κ2) is 9.68. The normalized spacial score (nSPS) is 18.9. The van der Waals surface area contributed by atoms with Crippen molar-refractivity contribution >= 4 is 17.4 Å². The van der Waals surface area contributed by atoms with Crippen LogP contribution in [0, 0.1) is 11.2 Å². The Morgan fingerprint density at radius 1 is 1.06 bits per heavy atom. The number of dihydropyridines is 1. The van der Waals surface area contributed by atoms with E-state index in [2.05, 4.69) is 24.5 Å². The molecule has 1 aliphatic carbocycles. The van der Waals surface area contributed by atoms with Crippen molar-refractivity contribution in [3.05, 3.63) is 70.3 Å². The number of Topliss-reactive ketones (excluding diaryl/α,β-unsaturated/α-hetero) is 1. The largest absolute Gasteiger partial charge is 0.493 e. The average Bonchev–Trinajstić information content (AvgIpc) is 2.81. The highest BCUT2D eigenvalue weighted by atomic mass is 19.1. The van der Waals surface area contributed by atoms with Gasteiger partial charge in [-0.1, -0.05) is 19.9 Å². The number of ether oxygens (including phenoxy) is 3. The first-order valence-electron chi connectivity index (χ1n) is 11.7. The molecule has 2 aliphatic rings. The molecule has 1 amide bonds. The van der Waals surface area contributed by atoms with E-state index in [-0.39, 0.29) is 11.2 Å². The zero-order valence-corrected chi connectivity index (χ0v) is 21.4. The predicted molar refractivity (Wildman–Crippen MR) is 135 cm³/mol. The van der Waals surface area contributed by atoms with E-state index in [1.807, 2.05) is 0 Å². The summed E-state index contributed by atoms with van der Waals surface area (Å²) in [5.74, 6) is -0.375. The number of carbonyl (C=O) groups is 2. The molecule has 0 bridgehead atoms. The van der Waals surface area contributed by atoms with Crippen LogP contribution in [0.4, 0.5) is 10.1 Å². The highest BCUT2D eigenvalue weighted by Gasteiger charge is 2.43. The van der Waals surface area contributed by atoms with Crippen LogP contribution in [0.5, 0.6) is 17.2 Å². The zero-order chi connectivity index (χ0) is 26.2. The van der Waals surface area contributed by atoms with Gasteiger partial charge in [0, 0.05) is 40.6 Å². The number of nitrogens with one attached hydrogen (secondary N) is 2. The fraction of sp³-hybridized carbons (Fsp3) is 0.357. The molecule has 2 aromatic carbocycles. The summed E-state index contributed by atoms with van der Waals surface area (Å²) in [5, 5.41) is 6.12. The molecule has 2 aromatic rings. The molecule has 190 valence electrons. The number of halogens is 1. The maximum Gasteiger partial charge on any atom is 0.254 e. The first-order valence-corrected chi connectivity index (χ1v) is 11.7. The molecular weight excluding hydrogens is 463 g/mol. The van der Waals surface area contributed by atoms with Gasteiger partial charge in [0.1, 0.15) is 5.82 Å². The van der Waals surface area contributed by atoms with Crippen molar-refractivity contribution in [2.45, 2.75) is 39.5 Å². The minimum Gasteiger partial charge on any atom is -0.493 e. The van der Waals surface area contributed by atoms with Crippen LogP contribution in [0.25, 0.3) is 0 Å². The van der Waals surface area contributed by atoms with Gasteiger partial charge in [0.25, 0.3) is 5.91 Å². The second-order valence-electron chi connectivity index (χ2n) is 9.85. The van der Waals surface area contributed by atoms with Gasteiger partial charge in [-0.15, -0.1) is 0 Å². The van der Waals surface area contributed by atoms with Crippen LogP contribution in [0.3, 0.4) is 0 Å². The molecule has 7 nitrogen and oxygen atoms in total. The number of rotatable bonds is 6. The van der Waals surface area contributed by atoms with Crippen LogP contribution in [-0.2, 0) is 9.59 Å². The van der Waals surface area contributed by atoms with Crippen molar-refractivity contribution < 1.29 is 28.2 Å². The van der Waals surface area contributed by atoms with E-state index in [1.54, 1.807) is 25.1 Å². The standard InChI is InChI=1S/C28H31FN2O5/c1-15-23(27(33)31-18-9-7-8-17(29)12-18)24(25-19(30-15)13-28(2,3)14-20(25)32)16-10-21(34-4)26(36-6)22(11-16)35-5/h7-12,24,30H,13-14H2,1-6H3,(H,31,33). The molecule has 8 heteroatoms. The smallest absolute Gasteiger partial charge is 0.254 e. The monoisotopic (exact) mass is 494 g/mol. The Morgan fingerprint density at radius 3 is 2.31 bits per heavy atom. The third kappa shape index (κ3) is 4.67. The molecule has 4 rings (SSSR count). The maximum absolute atomic E-state index is 13.8. The Morgan fingerprint density at radius 2 is 1.72 bits per heavy atom. The van der Waals surface area contributed by atoms with Crippen molar-refractivity contribution in [1.29, 1.82) is 0 Å². The summed E-state index contributed by atoms with van der Waals surface area (Å²) in [7, 11) is 4.54. The van der Waals surface area contributed by atoms with Crippen molar-refractivity contribution in [2.24, 2.45) is 5.41 Å². The molecule has 1 unspecified atom stereocenters. The van der Waals surface area contributed by atoms with Gasteiger partial charge < -0.3 is 24.8 Å². The maximum atomic E-state index is 13.8. The van der Waals surface area contributed by atoms with Gasteiger partial charge in [0.15, 0.2) is 17.3 Å². The second-order valence-corrected chi connectivity index (χ2v) is 9.85. The molecule has 1 aliphatic heterocycles. The fourth-order valence-electron chi connectivity index (χ4n) is 5.10. The van der Waals surface area contributed by atoms with Gasteiger partial charge in [-0.05, 0) is 54.7 Å². The highest BCUT2D eigenvalue weighted by molar-refractivity contribution is 6.10. The molecular formula is C28H31FN2O5. The number of methoxy groups -OCH3 is 3. The van der Waals surface area contributed by atoms with Crippen LogP contribution in [0.15, 0.2) is 58.9 Å². The first kappa shape index (κ1) is 25.3. The number of ketones is 1. The Kier molecular flexibility index (Phi) is 6.80. The Labute approximate surface area is 210 Å². The summed E-state index contributed by atoms with van der Waals surface area (Å²) < 4.78 is 30.4. The molecule has 0 saturated carbocycles. The molecule has 0 spiro atoms. The van der Waals surface area contributed by atoms with E-state index < -0.39 is 17.6 Å². The summed E-state index contributed by atoms with van der Waals surface area (Å²) in [4.78, 5) is 27.2. The number of hydrogen-bond donors (Lipinski definition) is 2. The van der Waals surface area contributed by atoms with Gasteiger partial charge in [-0.3, -0.25) is 9.59 Å². The first-order chi connectivity index (χ1) is 17.1. The van der Waals surface area contributed by atoms with Crippen LogP contribution in [-0.4, -0.2) is 33.0 Å². The average molecular weight is 495 g/mol. The lowest BCUT2D eigenvalue weighted by atomic mass is 9.68. The lowest BCUT2D eigenvalue weighted by Gasteiger charge is -2.39.